The van der Waals surface area contributed by atoms with Crippen LogP contribution in [0.5, 0.6) is 0 Å². The molecule has 2 heterocycles. The van der Waals surface area contributed by atoms with Gasteiger partial charge < -0.3 is 14.6 Å². The number of esters is 1. The van der Waals surface area contributed by atoms with Crippen LogP contribution >= 0.6 is 11.3 Å². The highest BCUT2D eigenvalue weighted by Crippen LogP contribution is 2.40. The normalized spacial score (nSPS) is 11.6. The van der Waals surface area contributed by atoms with E-state index in [1.54, 1.807) is 11.5 Å². The Morgan fingerprint density at radius 1 is 0.900 bits per heavy atom. The third-order valence-electron chi connectivity index (χ3n) is 8.88. The Morgan fingerprint density at radius 3 is 2.14 bits per heavy atom. The zero-order valence-electron chi connectivity index (χ0n) is 29.3. The van der Waals surface area contributed by atoms with Crippen molar-refractivity contribution >= 4 is 39.1 Å². The molecule has 5 aromatic rings. The van der Waals surface area contributed by atoms with Crippen molar-refractivity contribution in [2.24, 2.45) is 5.92 Å². The number of carbonyl (C=O) groups excluding carboxylic acids is 2. The number of pyridine rings is 1. The van der Waals surface area contributed by atoms with Gasteiger partial charge in [-0.05, 0) is 67.8 Å². The van der Waals surface area contributed by atoms with Crippen LogP contribution < -0.4 is 10.7 Å². The summed E-state index contributed by atoms with van der Waals surface area (Å²) in [6.07, 6.45) is 0.757. The Morgan fingerprint density at radius 2 is 1.54 bits per heavy atom. The van der Waals surface area contributed by atoms with Crippen molar-refractivity contribution in [1.82, 2.24) is 9.47 Å². The molecule has 3 aromatic carbocycles. The zero-order chi connectivity index (χ0) is 36.1. The molecule has 0 bridgehead atoms. The summed E-state index contributed by atoms with van der Waals surface area (Å²) in [5, 5.41) is 3.22. The highest BCUT2D eigenvalue weighted by atomic mass is 32.1. The molecular formula is C40H43F2N3O4S. The summed E-state index contributed by atoms with van der Waals surface area (Å²) in [4.78, 5) is 44.1. The van der Waals surface area contributed by atoms with E-state index in [0.29, 0.717) is 47.4 Å². The van der Waals surface area contributed by atoms with Gasteiger partial charge in [0, 0.05) is 40.8 Å². The average molecular weight is 700 g/mol. The second-order valence-corrected chi connectivity index (χ2v) is 13.9. The van der Waals surface area contributed by atoms with Gasteiger partial charge in [0.15, 0.2) is 0 Å². The molecule has 1 amide bonds. The largest absolute Gasteiger partial charge is 0.459 e. The second-order valence-electron chi connectivity index (χ2n) is 12.9. The lowest BCUT2D eigenvalue weighted by atomic mass is 10.0. The van der Waals surface area contributed by atoms with Crippen molar-refractivity contribution in [3.05, 3.63) is 123 Å². The van der Waals surface area contributed by atoms with E-state index in [0.717, 1.165) is 16.0 Å². The molecule has 10 heteroatoms. The second kappa shape index (κ2) is 15.9. The van der Waals surface area contributed by atoms with Gasteiger partial charge in [-0.2, -0.15) is 0 Å². The number of rotatable bonds is 13. The first kappa shape index (κ1) is 36.6. The maximum absolute atomic E-state index is 15.1. The SMILES string of the molecule is CCC(CC)OC(=O)c1c(C)n(Cc2c(F)cccc2F)c2sc(-c3ccc(NC(=O)C(C)C)cc3)c(CN(C)Cc3ccccc3)c2c1=O. The van der Waals surface area contributed by atoms with Gasteiger partial charge in [-0.1, -0.05) is 76.2 Å². The monoisotopic (exact) mass is 699 g/mol. The Kier molecular flexibility index (Phi) is 11.6. The fraction of sp³-hybridized carbons (Fsp3) is 0.325. The molecule has 0 radical (unpaired) electrons. The maximum atomic E-state index is 15.1. The van der Waals surface area contributed by atoms with E-state index in [4.69, 9.17) is 4.74 Å². The van der Waals surface area contributed by atoms with E-state index < -0.39 is 29.1 Å². The van der Waals surface area contributed by atoms with Gasteiger partial charge in [-0.3, -0.25) is 14.5 Å². The van der Waals surface area contributed by atoms with Crippen molar-refractivity contribution in [2.75, 3.05) is 12.4 Å². The number of aromatic nitrogens is 1. The molecule has 0 saturated carbocycles. The molecule has 0 spiro atoms. The highest BCUT2D eigenvalue weighted by molar-refractivity contribution is 7.22. The van der Waals surface area contributed by atoms with Crippen LogP contribution in [0.1, 0.15) is 73.3 Å². The van der Waals surface area contributed by atoms with E-state index in [2.05, 4.69) is 10.2 Å². The fourth-order valence-corrected chi connectivity index (χ4v) is 7.35. The molecule has 0 atom stereocenters. The van der Waals surface area contributed by atoms with E-state index in [1.165, 1.54) is 29.5 Å². The lowest BCUT2D eigenvalue weighted by Gasteiger charge is -2.20. The smallest absolute Gasteiger partial charge is 0.344 e. The summed E-state index contributed by atoms with van der Waals surface area (Å²) >= 11 is 1.33. The molecule has 50 heavy (non-hydrogen) atoms. The quantitative estimate of drug-likeness (QED) is 0.124. The van der Waals surface area contributed by atoms with Gasteiger partial charge in [0.1, 0.15) is 28.1 Å². The lowest BCUT2D eigenvalue weighted by Crippen LogP contribution is -2.28. The van der Waals surface area contributed by atoms with Gasteiger partial charge >= 0.3 is 5.97 Å². The van der Waals surface area contributed by atoms with Crippen LogP contribution in [0, 0.1) is 24.5 Å². The van der Waals surface area contributed by atoms with Gasteiger partial charge in [0.25, 0.3) is 0 Å². The minimum absolute atomic E-state index is 0.108. The van der Waals surface area contributed by atoms with Gasteiger partial charge in [-0.25, -0.2) is 13.6 Å². The molecule has 5 rings (SSSR count). The van der Waals surface area contributed by atoms with Crippen molar-refractivity contribution in [3.8, 4) is 10.4 Å². The first-order valence-corrected chi connectivity index (χ1v) is 17.7. The Hall–Kier alpha value is -4.67. The fourth-order valence-electron chi connectivity index (χ4n) is 5.99. The Labute approximate surface area is 295 Å². The number of ether oxygens (including phenoxy) is 1. The first-order chi connectivity index (χ1) is 23.9. The number of thiophene rings is 1. The van der Waals surface area contributed by atoms with Crippen molar-refractivity contribution in [3.63, 3.8) is 0 Å². The summed E-state index contributed by atoms with van der Waals surface area (Å²) in [5.74, 6) is -2.51. The van der Waals surface area contributed by atoms with Crippen molar-refractivity contribution in [1.29, 1.82) is 0 Å². The van der Waals surface area contributed by atoms with Crippen molar-refractivity contribution < 1.29 is 23.1 Å². The van der Waals surface area contributed by atoms with Crippen molar-refractivity contribution in [2.45, 2.75) is 73.2 Å². The van der Waals surface area contributed by atoms with Crippen LogP contribution in [-0.2, 0) is 29.2 Å². The van der Waals surface area contributed by atoms with Crippen LogP contribution in [0.3, 0.4) is 0 Å². The van der Waals surface area contributed by atoms with Crippen LogP contribution in [0.25, 0.3) is 20.7 Å². The van der Waals surface area contributed by atoms with Crippen LogP contribution in [0.2, 0.25) is 0 Å². The summed E-state index contributed by atoms with van der Waals surface area (Å²) in [5.41, 5.74) is 2.65. The Balaban J connectivity index is 1.76. The summed E-state index contributed by atoms with van der Waals surface area (Å²) in [7, 11) is 1.95. The number of fused-ring (bicyclic) bond motifs is 1. The van der Waals surface area contributed by atoms with Gasteiger partial charge in [0.05, 0.1) is 11.9 Å². The number of carbonyl (C=O) groups is 2. The zero-order valence-corrected chi connectivity index (χ0v) is 30.1. The molecule has 0 aliphatic rings. The molecule has 0 fully saturated rings. The third kappa shape index (κ3) is 7.87. The molecule has 0 saturated heterocycles. The number of anilines is 1. The van der Waals surface area contributed by atoms with E-state index in [9.17, 15) is 14.4 Å². The average Bonchev–Trinajstić information content (AvgIpc) is 3.46. The van der Waals surface area contributed by atoms with E-state index in [-0.39, 0.29) is 35.2 Å². The number of amides is 1. The van der Waals surface area contributed by atoms with E-state index >= 15 is 8.78 Å². The number of nitrogens with zero attached hydrogens (tertiary/aromatic N) is 2. The third-order valence-corrected chi connectivity index (χ3v) is 10.2. The standard InChI is InChI=1S/C40H43F2N3O4S/c1-7-29(8-2)49-40(48)34-25(5)45(23-30-32(41)15-12-16-33(30)42)39-35(36(34)46)31(22-44(6)21-26-13-10-9-11-14-26)37(50-39)27-17-19-28(20-18-27)43-38(47)24(3)4/h9-20,24,29H,7-8,21-23H2,1-6H3,(H,43,47). The topological polar surface area (TPSA) is 80.6 Å². The summed E-state index contributed by atoms with van der Waals surface area (Å²) in [6, 6.07) is 21.0. The summed E-state index contributed by atoms with van der Waals surface area (Å²) < 4.78 is 37.7. The minimum atomic E-state index is -0.757. The van der Waals surface area contributed by atoms with E-state index in [1.807, 2.05) is 89.3 Å². The molecule has 0 unspecified atom stereocenters. The molecule has 1 N–H and O–H groups in total. The predicted octanol–water partition coefficient (Wildman–Crippen LogP) is 8.94. The van der Waals surface area contributed by atoms with Crippen LogP contribution in [-0.4, -0.2) is 34.5 Å². The molecule has 262 valence electrons. The Bertz CT molecular complexity index is 2030. The number of hydrogen-bond acceptors (Lipinski definition) is 6. The number of hydrogen-bond donors (Lipinski definition) is 1. The van der Waals surface area contributed by atoms with Gasteiger partial charge in [0.2, 0.25) is 11.3 Å². The van der Waals surface area contributed by atoms with Crippen LogP contribution in [0.15, 0.2) is 77.6 Å². The maximum Gasteiger partial charge on any atom is 0.344 e. The minimum Gasteiger partial charge on any atom is -0.459 e. The molecule has 0 aliphatic heterocycles. The predicted molar refractivity (Wildman–Crippen MR) is 197 cm³/mol. The lowest BCUT2D eigenvalue weighted by molar-refractivity contribution is -0.118. The molecular weight excluding hydrogens is 657 g/mol. The summed E-state index contributed by atoms with van der Waals surface area (Å²) in [6.45, 7) is 9.74. The molecule has 2 aromatic heterocycles. The van der Waals surface area contributed by atoms with Crippen LogP contribution in [0.4, 0.5) is 14.5 Å². The first-order valence-electron chi connectivity index (χ1n) is 16.9. The molecule has 0 aliphatic carbocycles. The van der Waals surface area contributed by atoms with Gasteiger partial charge in [-0.15, -0.1) is 11.3 Å². The number of nitrogens with one attached hydrogen (secondary N) is 1. The number of halogens is 2. The molecule has 7 nitrogen and oxygen atoms in total. The highest BCUT2D eigenvalue weighted by Gasteiger charge is 2.29. The number of benzene rings is 3.